The first-order valence-corrected chi connectivity index (χ1v) is 26.4. The van der Waals surface area contributed by atoms with Crippen molar-refractivity contribution in [1.82, 2.24) is 5.32 Å². The summed E-state index contributed by atoms with van der Waals surface area (Å²) in [6, 6.07) is -0.716. The fourth-order valence-electron chi connectivity index (χ4n) is 7.84. The van der Waals surface area contributed by atoms with Gasteiger partial charge in [0.2, 0.25) is 5.91 Å². The summed E-state index contributed by atoms with van der Waals surface area (Å²) in [5, 5.41) is 23.8. The zero-order valence-corrected chi connectivity index (χ0v) is 40.5. The van der Waals surface area contributed by atoms with Crippen molar-refractivity contribution in [2.75, 3.05) is 6.61 Å². The molecule has 0 saturated heterocycles. The Bertz CT molecular complexity index is 1050. The van der Waals surface area contributed by atoms with Crippen LogP contribution in [0.1, 0.15) is 265 Å². The van der Waals surface area contributed by atoms with Crippen LogP contribution in [0.15, 0.2) is 48.6 Å². The van der Waals surface area contributed by atoms with Crippen molar-refractivity contribution >= 4 is 11.9 Å². The van der Waals surface area contributed by atoms with Crippen molar-refractivity contribution in [3.8, 4) is 0 Å². The molecule has 0 aromatic heterocycles. The molecule has 3 N–H and O–H groups in total. The minimum atomic E-state index is -0.800. The number of carbonyl (C=O) groups excluding carboxylic acids is 2. The van der Waals surface area contributed by atoms with E-state index in [1.807, 2.05) is 0 Å². The maximum absolute atomic E-state index is 13.2. The lowest BCUT2D eigenvalue weighted by molar-refractivity contribution is -0.151. The van der Waals surface area contributed by atoms with E-state index in [0.717, 1.165) is 83.5 Å². The van der Waals surface area contributed by atoms with Crippen LogP contribution in [-0.2, 0) is 14.3 Å². The van der Waals surface area contributed by atoms with Gasteiger partial charge in [0.05, 0.1) is 25.2 Å². The molecule has 1 amide bonds. The van der Waals surface area contributed by atoms with E-state index in [1.54, 1.807) is 0 Å². The average molecular weight is 856 g/mol. The van der Waals surface area contributed by atoms with Crippen molar-refractivity contribution in [2.45, 2.75) is 283 Å². The van der Waals surface area contributed by atoms with Gasteiger partial charge in [-0.05, 0) is 89.9 Å². The first-order chi connectivity index (χ1) is 30.0. The lowest BCUT2D eigenvalue weighted by Crippen LogP contribution is -2.46. The Kier molecular flexibility index (Phi) is 47.1. The van der Waals surface area contributed by atoms with E-state index < -0.39 is 18.2 Å². The molecule has 0 fully saturated rings. The average Bonchev–Trinajstić information content (AvgIpc) is 3.25. The van der Waals surface area contributed by atoms with Crippen LogP contribution >= 0.6 is 0 Å². The Morgan fingerprint density at radius 3 is 1.33 bits per heavy atom. The second-order valence-corrected chi connectivity index (χ2v) is 17.9. The summed E-state index contributed by atoms with van der Waals surface area (Å²) in [4.78, 5) is 26.1. The molecular formula is C55H101NO5. The summed E-state index contributed by atoms with van der Waals surface area (Å²) in [5.74, 6) is -0.525. The number of aliphatic hydroxyl groups excluding tert-OH is 2. The summed E-state index contributed by atoms with van der Waals surface area (Å²) >= 11 is 0. The summed E-state index contributed by atoms with van der Waals surface area (Å²) in [6.07, 6.45) is 58.8. The van der Waals surface area contributed by atoms with Gasteiger partial charge in [0.15, 0.2) is 0 Å². The molecule has 6 nitrogen and oxygen atoms in total. The molecule has 0 bridgehead atoms. The van der Waals surface area contributed by atoms with Gasteiger partial charge in [0.1, 0.15) is 6.10 Å². The lowest BCUT2D eigenvalue weighted by Gasteiger charge is -2.24. The fraction of sp³-hybridized carbons (Fsp3) is 0.818. The number of carbonyl (C=O) groups is 2. The molecule has 0 aromatic carbocycles. The number of esters is 1. The highest BCUT2D eigenvalue weighted by atomic mass is 16.5. The van der Waals surface area contributed by atoms with E-state index in [9.17, 15) is 19.8 Å². The monoisotopic (exact) mass is 856 g/mol. The number of nitrogens with one attached hydrogen (secondary N) is 1. The molecular weight excluding hydrogens is 755 g/mol. The number of ether oxygens (including phenoxy) is 1. The quantitative estimate of drug-likeness (QED) is 0.0322. The van der Waals surface area contributed by atoms with Crippen molar-refractivity contribution < 1.29 is 24.5 Å². The van der Waals surface area contributed by atoms with E-state index in [-0.39, 0.29) is 24.9 Å². The Morgan fingerprint density at radius 2 is 0.836 bits per heavy atom. The van der Waals surface area contributed by atoms with Gasteiger partial charge in [-0.25, -0.2) is 0 Å². The van der Waals surface area contributed by atoms with Crippen molar-refractivity contribution in [3.05, 3.63) is 48.6 Å². The molecule has 0 aromatic rings. The van der Waals surface area contributed by atoms with Crippen molar-refractivity contribution in [1.29, 1.82) is 0 Å². The Labute approximate surface area is 378 Å². The van der Waals surface area contributed by atoms with E-state index >= 15 is 0 Å². The van der Waals surface area contributed by atoms with Crippen LogP contribution in [0.3, 0.4) is 0 Å². The third-order valence-electron chi connectivity index (χ3n) is 11.9. The van der Waals surface area contributed by atoms with Gasteiger partial charge in [-0.15, -0.1) is 0 Å². The van der Waals surface area contributed by atoms with E-state index in [0.29, 0.717) is 19.3 Å². The maximum Gasteiger partial charge on any atom is 0.306 e. The molecule has 0 saturated carbocycles. The highest BCUT2D eigenvalue weighted by molar-refractivity contribution is 5.77. The van der Waals surface area contributed by atoms with Gasteiger partial charge >= 0.3 is 5.97 Å². The van der Waals surface area contributed by atoms with E-state index in [1.165, 1.54) is 135 Å². The zero-order chi connectivity index (χ0) is 44.5. The lowest BCUT2D eigenvalue weighted by atomic mass is 10.0. The van der Waals surface area contributed by atoms with E-state index in [2.05, 4.69) is 74.7 Å². The molecule has 0 aliphatic rings. The van der Waals surface area contributed by atoms with Crippen LogP contribution in [-0.4, -0.2) is 46.9 Å². The first kappa shape index (κ1) is 58.8. The van der Waals surface area contributed by atoms with Gasteiger partial charge in [0, 0.05) is 6.42 Å². The molecule has 3 unspecified atom stereocenters. The molecule has 0 aliphatic heterocycles. The number of aliphatic hydroxyl groups is 2. The first-order valence-electron chi connectivity index (χ1n) is 26.4. The number of rotatable bonds is 47. The van der Waals surface area contributed by atoms with Crippen molar-refractivity contribution in [2.24, 2.45) is 0 Å². The molecule has 0 heterocycles. The Balaban J connectivity index is 4.66. The second kappa shape index (κ2) is 48.8. The van der Waals surface area contributed by atoms with Gasteiger partial charge in [-0.1, -0.05) is 211 Å². The van der Waals surface area contributed by atoms with Crippen LogP contribution in [0.25, 0.3) is 0 Å². The maximum atomic E-state index is 13.2. The molecule has 356 valence electrons. The van der Waals surface area contributed by atoms with Gasteiger partial charge < -0.3 is 20.3 Å². The minimum absolute atomic E-state index is 0.0465. The van der Waals surface area contributed by atoms with Crippen LogP contribution in [0, 0.1) is 0 Å². The third kappa shape index (κ3) is 44.2. The molecule has 0 spiro atoms. The SMILES string of the molecule is CCCCC/C=C\C/C=C\C/C=C\CCCCC(CC(=O)NC(CO)C(O)CCCCCCCCCCCCCCC)OC(=O)CCCCC/C=C\CCCCCCCCC. The number of hydrogen-bond donors (Lipinski definition) is 3. The number of hydrogen-bond acceptors (Lipinski definition) is 5. The van der Waals surface area contributed by atoms with Crippen LogP contribution < -0.4 is 5.32 Å². The van der Waals surface area contributed by atoms with Gasteiger partial charge in [0.25, 0.3) is 0 Å². The summed E-state index contributed by atoms with van der Waals surface area (Å²) in [6.45, 7) is 6.44. The summed E-state index contributed by atoms with van der Waals surface area (Å²) < 4.78 is 5.91. The van der Waals surface area contributed by atoms with Crippen molar-refractivity contribution in [3.63, 3.8) is 0 Å². The van der Waals surface area contributed by atoms with Gasteiger partial charge in [-0.2, -0.15) is 0 Å². The minimum Gasteiger partial charge on any atom is -0.462 e. The molecule has 3 atom stereocenters. The third-order valence-corrected chi connectivity index (χ3v) is 11.9. The van der Waals surface area contributed by atoms with Crippen LogP contribution in [0.2, 0.25) is 0 Å². The highest BCUT2D eigenvalue weighted by Gasteiger charge is 2.24. The summed E-state index contributed by atoms with van der Waals surface area (Å²) in [5.41, 5.74) is 0. The number of amides is 1. The smallest absolute Gasteiger partial charge is 0.306 e. The molecule has 0 aliphatic carbocycles. The van der Waals surface area contributed by atoms with Crippen LogP contribution in [0.5, 0.6) is 0 Å². The normalized spacial score (nSPS) is 13.6. The van der Waals surface area contributed by atoms with E-state index in [4.69, 9.17) is 4.74 Å². The Hall–Kier alpha value is -2.18. The fourth-order valence-corrected chi connectivity index (χ4v) is 7.84. The largest absolute Gasteiger partial charge is 0.462 e. The Morgan fingerprint density at radius 1 is 0.475 bits per heavy atom. The second-order valence-electron chi connectivity index (χ2n) is 17.9. The number of allylic oxidation sites excluding steroid dienone is 8. The predicted octanol–water partition coefficient (Wildman–Crippen LogP) is 15.8. The molecule has 0 radical (unpaired) electrons. The highest BCUT2D eigenvalue weighted by Crippen LogP contribution is 2.17. The zero-order valence-electron chi connectivity index (χ0n) is 40.5. The summed E-state index contributed by atoms with van der Waals surface area (Å²) in [7, 11) is 0. The van der Waals surface area contributed by atoms with Crippen LogP contribution in [0.4, 0.5) is 0 Å². The van der Waals surface area contributed by atoms with Gasteiger partial charge in [-0.3, -0.25) is 9.59 Å². The molecule has 6 heteroatoms. The molecule has 0 rings (SSSR count). The predicted molar refractivity (Wildman–Crippen MR) is 264 cm³/mol. The standard InChI is InChI=1S/C55H101NO5/c1-4-7-10-13-16-19-22-25-27-29-31-34-37-40-43-46-51(61-55(60)48-45-42-39-36-33-30-26-23-20-17-14-11-8-5-2)49-54(59)56-52(50-57)53(58)47-44-41-38-35-32-28-24-21-18-15-12-9-6-3/h16,19,25,27,30-31,33-34,51-53,57-58H,4-15,17-18,20-24,26,28-29,32,35-50H2,1-3H3,(H,56,59)/b19-16-,27-25-,33-30-,34-31-. The topological polar surface area (TPSA) is 95.9 Å². The number of unbranched alkanes of at least 4 members (excludes halogenated alkanes) is 27. The molecule has 61 heavy (non-hydrogen) atoms.